The van der Waals surface area contributed by atoms with Gasteiger partial charge in [0, 0.05) is 31.0 Å². The van der Waals surface area contributed by atoms with Gasteiger partial charge in [0.15, 0.2) is 0 Å². The molecule has 5 heteroatoms. The summed E-state index contributed by atoms with van der Waals surface area (Å²) in [6.07, 6.45) is 5.77. The molecule has 0 aromatic heterocycles. The molecular formula is C20H25FN2O2. The Hall–Kier alpha value is -1.91. The first-order valence-electron chi connectivity index (χ1n) is 9.46. The lowest BCUT2D eigenvalue weighted by Crippen LogP contribution is -2.48. The number of likely N-dealkylation sites (tertiary alicyclic amines) is 1. The average Bonchev–Trinajstić information content (AvgIpc) is 3.34. The first kappa shape index (κ1) is 16.6. The second kappa shape index (κ2) is 6.77. The molecule has 1 aromatic rings. The fourth-order valence-corrected chi connectivity index (χ4v) is 4.01. The second-order valence-corrected chi connectivity index (χ2v) is 7.74. The van der Waals surface area contributed by atoms with Gasteiger partial charge in [-0.2, -0.15) is 0 Å². The SMILES string of the molecule is O=C(NC1CCN(C(=O)[C@@H]2C[C@H]2c2ccc(F)cc2)CC1)C1CCC1. The van der Waals surface area contributed by atoms with Crippen LogP contribution in [-0.4, -0.2) is 35.8 Å². The Morgan fingerprint density at radius 3 is 2.32 bits per heavy atom. The zero-order valence-electron chi connectivity index (χ0n) is 14.4. The summed E-state index contributed by atoms with van der Waals surface area (Å²) >= 11 is 0. The Bertz CT molecular complexity index is 648. The normalized spacial score (nSPS) is 26.8. The van der Waals surface area contributed by atoms with E-state index in [0.29, 0.717) is 0 Å². The van der Waals surface area contributed by atoms with E-state index in [2.05, 4.69) is 5.32 Å². The maximum atomic E-state index is 13.0. The molecule has 0 unspecified atom stereocenters. The molecule has 134 valence electrons. The van der Waals surface area contributed by atoms with Crippen molar-refractivity contribution in [3.05, 3.63) is 35.6 Å². The van der Waals surface area contributed by atoms with Crippen LogP contribution in [0.15, 0.2) is 24.3 Å². The van der Waals surface area contributed by atoms with Crippen LogP contribution >= 0.6 is 0 Å². The molecule has 1 saturated heterocycles. The van der Waals surface area contributed by atoms with Crippen molar-refractivity contribution >= 4 is 11.8 Å². The van der Waals surface area contributed by atoms with Crippen LogP contribution in [0.4, 0.5) is 4.39 Å². The molecule has 1 aliphatic heterocycles. The van der Waals surface area contributed by atoms with Gasteiger partial charge in [-0.1, -0.05) is 18.6 Å². The van der Waals surface area contributed by atoms with E-state index < -0.39 is 0 Å². The molecule has 0 bridgehead atoms. The maximum absolute atomic E-state index is 13.0. The molecule has 2 saturated carbocycles. The third kappa shape index (κ3) is 3.55. The minimum absolute atomic E-state index is 0.0478. The predicted molar refractivity (Wildman–Crippen MR) is 92.3 cm³/mol. The first-order valence-corrected chi connectivity index (χ1v) is 9.46. The van der Waals surface area contributed by atoms with Crippen LogP contribution in [-0.2, 0) is 9.59 Å². The molecule has 3 fully saturated rings. The summed E-state index contributed by atoms with van der Waals surface area (Å²) < 4.78 is 13.0. The van der Waals surface area contributed by atoms with Crippen molar-refractivity contribution in [2.24, 2.45) is 11.8 Å². The lowest BCUT2D eigenvalue weighted by molar-refractivity contribution is -0.134. The van der Waals surface area contributed by atoms with Gasteiger partial charge in [-0.25, -0.2) is 4.39 Å². The van der Waals surface area contributed by atoms with E-state index >= 15 is 0 Å². The number of halogens is 1. The largest absolute Gasteiger partial charge is 0.353 e. The molecule has 4 rings (SSSR count). The molecule has 0 spiro atoms. The molecule has 2 amide bonds. The summed E-state index contributed by atoms with van der Waals surface area (Å²) in [4.78, 5) is 26.6. The van der Waals surface area contributed by atoms with E-state index in [-0.39, 0.29) is 41.4 Å². The second-order valence-electron chi connectivity index (χ2n) is 7.74. The smallest absolute Gasteiger partial charge is 0.226 e. The van der Waals surface area contributed by atoms with Crippen molar-refractivity contribution in [2.45, 2.75) is 50.5 Å². The van der Waals surface area contributed by atoms with Gasteiger partial charge in [-0.15, -0.1) is 0 Å². The fraction of sp³-hybridized carbons (Fsp3) is 0.600. The van der Waals surface area contributed by atoms with Gasteiger partial charge in [0.2, 0.25) is 11.8 Å². The van der Waals surface area contributed by atoms with Crippen molar-refractivity contribution in [1.82, 2.24) is 10.2 Å². The van der Waals surface area contributed by atoms with Crippen LogP contribution in [0.2, 0.25) is 0 Å². The van der Waals surface area contributed by atoms with Gasteiger partial charge in [0.1, 0.15) is 5.82 Å². The molecule has 3 aliphatic rings. The van der Waals surface area contributed by atoms with E-state index in [4.69, 9.17) is 0 Å². The molecule has 2 aliphatic carbocycles. The Morgan fingerprint density at radius 1 is 1.04 bits per heavy atom. The van der Waals surface area contributed by atoms with E-state index in [1.54, 1.807) is 12.1 Å². The molecule has 4 nitrogen and oxygen atoms in total. The highest BCUT2D eigenvalue weighted by Crippen LogP contribution is 2.48. The Labute approximate surface area is 147 Å². The number of nitrogens with zero attached hydrogens (tertiary/aromatic N) is 1. The molecule has 1 aromatic carbocycles. The summed E-state index contributed by atoms with van der Waals surface area (Å²) in [5.41, 5.74) is 1.06. The standard InChI is InChI=1S/C20H25FN2O2/c21-15-6-4-13(5-7-15)17-12-18(17)20(25)23-10-8-16(9-11-23)22-19(24)14-2-1-3-14/h4-7,14,16-18H,1-3,8-12H2,(H,22,24)/t17-,18+/m0/s1. The topological polar surface area (TPSA) is 49.4 Å². The van der Waals surface area contributed by atoms with Crippen molar-refractivity contribution < 1.29 is 14.0 Å². The molecule has 25 heavy (non-hydrogen) atoms. The number of amides is 2. The number of nitrogens with one attached hydrogen (secondary N) is 1. The number of rotatable bonds is 4. The minimum atomic E-state index is -0.238. The lowest BCUT2D eigenvalue weighted by atomic mass is 9.84. The van der Waals surface area contributed by atoms with E-state index in [1.165, 1.54) is 18.6 Å². The highest BCUT2D eigenvalue weighted by Gasteiger charge is 2.46. The quantitative estimate of drug-likeness (QED) is 0.913. The summed E-state index contributed by atoms with van der Waals surface area (Å²) in [5, 5.41) is 3.15. The fourth-order valence-electron chi connectivity index (χ4n) is 4.01. The maximum Gasteiger partial charge on any atom is 0.226 e. The lowest BCUT2D eigenvalue weighted by Gasteiger charge is -2.34. The highest BCUT2D eigenvalue weighted by atomic mass is 19.1. The number of hydrogen-bond donors (Lipinski definition) is 1. The Kier molecular flexibility index (Phi) is 4.48. The van der Waals surface area contributed by atoms with Crippen molar-refractivity contribution in [1.29, 1.82) is 0 Å². The zero-order valence-corrected chi connectivity index (χ0v) is 14.4. The van der Waals surface area contributed by atoms with Gasteiger partial charge in [-0.05, 0) is 55.7 Å². The first-order chi connectivity index (χ1) is 12.1. The average molecular weight is 344 g/mol. The van der Waals surface area contributed by atoms with E-state index in [9.17, 15) is 14.0 Å². The summed E-state index contributed by atoms with van der Waals surface area (Å²) in [7, 11) is 0. The number of hydrogen-bond acceptors (Lipinski definition) is 2. The van der Waals surface area contributed by atoms with Gasteiger partial charge in [-0.3, -0.25) is 9.59 Å². The Morgan fingerprint density at radius 2 is 1.72 bits per heavy atom. The van der Waals surface area contributed by atoms with Crippen LogP contribution in [0, 0.1) is 17.7 Å². The molecular weight excluding hydrogens is 319 g/mol. The Balaban J connectivity index is 1.24. The van der Waals surface area contributed by atoms with Crippen molar-refractivity contribution in [3.8, 4) is 0 Å². The van der Waals surface area contributed by atoms with Gasteiger partial charge < -0.3 is 10.2 Å². The third-order valence-corrected chi connectivity index (χ3v) is 6.03. The monoisotopic (exact) mass is 344 g/mol. The van der Waals surface area contributed by atoms with Crippen LogP contribution in [0.25, 0.3) is 0 Å². The third-order valence-electron chi connectivity index (χ3n) is 6.03. The predicted octanol–water partition coefficient (Wildman–Crippen LogP) is 2.84. The van der Waals surface area contributed by atoms with Gasteiger partial charge >= 0.3 is 0 Å². The number of benzene rings is 1. The van der Waals surface area contributed by atoms with Crippen LogP contribution < -0.4 is 5.32 Å². The van der Waals surface area contributed by atoms with Crippen LogP contribution in [0.1, 0.15) is 50.0 Å². The molecule has 0 radical (unpaired) electrons. The van der Waals surface area contributed by atoms with Crippen molar-refractivity contribution in [2.75, 3.05) is 13.1 Å². The summed E-state index contributed by atoms with van der Waals surface area (Å²) in [5.74, 6) is 0.698. The molecule has 1 N–H and O–H groups in total. The summed E-state index contributed by atoms with van der Waals surface area (Å²) in [6, 6.07) is 6.71. The highest BCUT2D eigenvalue weighted by molar-refractivity contribution is 5.83. The van der Waals surface area contributed by atoms with Gasteiger partial charge in [0.25, 0.3) is 0 Å². The molecule has 1 heterocycles. The van der Waals surface area contributed by atoms with E-state index in [1.807, 2.05) is 4.90 Å². The van der Waals surface area contributed by atoms with Crippen molar-refractivity contribution in [3.63, 3.8) is 0 Å². The van der Waals surface area contributed by atoms with Gasteiger partial charge in [0.05, 0.1) is 0 Å². The molecule has 2 atom stereocenters. The minimum Gasteiger partial charge on any atom is -0.353 e. The summed E-state index contributed by atoms with van der Waals surface area (Å²) in [6.45, 7) is 1.45. The van der Waals surface area contributed by atoms with E-state index in [0.717, 1.165) is 50.8 Å². The zero-order chi connectivity index (χ0) is 17.4. The number of carbonyl (C=O) groups excluding carboxylic acids is 2. The van der Waals surface area contributed by atoms with Crippen LogP contribution in [0.5, 0.6) is 0 Å². The van der Waals surface area contributed by atoms with Crippen LogP contribution in [0.3, 0.4) is 0 Å². The number of carbonyl (C=O) groups is 2. The number of piperidine rings is 1.